The second-order valence-corrected chi connectivity index (χ2v) is 5.92. The molecule has 0 amide bonds. The van der Waals surface area contributed by atoms with Gasteiger partial charge in [0.15, 0.2) is 0 Å². The minimum absolute atomic E-state index is 0.264. The van der Waals surface area contributed by atoms with E-state index >= 15 is 0 Å². The van der Waals surface area contributed by atoms with Crippen molar-refractivity contribution >= 4 is 0 Å². The van der Waals surface area contributed by atoms with E-state index in [9.17, 15) is 0 Å². The molecule has 4 aromatic rings. The van der Waals surface area contributed by atoms with E-state index in [1.807, 2.05) is 78.9 Å². The van der Waals surface area contributed by atoms with Crippen molar-refractivity contribution in [2.75, 3.05) is 0 Å². The monoisotopic (exact) mass is 324 g/mol. The second kappa shape index (κ2) is 6.74. The smallest absolute Gasteiger partial charge is 0.0708 e. The summed E-state index contributed by atoms with van der Waals surface area (Å²) in [7, 11) is 0. The largest absolute Gasteiger partial charge is 0.256 e. The minimum Gasteiger partial charge on any atom is -0.256 e. The van der Waals surface area contributed by atoms with Crippen molar-refractivity contribution in [3.63, 3.8) is 0 Å². The SMILES string of the molecule is [2H]C([2H])([2H])c1cnc(-c2ccccc2)cc1-c1ccc(-c2ccccc2)cc1. The molecule has 4 rings (SSSR count). The third kappa shape index (κ3) is 3.22. The van der Waals surface area contributed by atoms with Crippen LogP contribution in [0.15, 0.2) is 97.2 Å². The van der Waals surface area contributed by atoms with E-state index in [1.54, 1.807) is 0 Å². The lowest BCUT2D eigenvalue weighted by Gasteiger charge is -2.10. The quantitative estimate of drug-likeness (QED) is 0.425. The van der Waals surface area contributed by atoms with Crippen LogP contribution >= 0.6 is 0 Å². The zero-order valence-electron chi connectivity index (χ0n) is 16.7. The van der Waals surface area contributed by atoms with Crippen LogP contribution in [0.4, 0.5) is 0 Å². The Morgan fingerprint density at radius 2 is 1.20 bits per heavy atom. The van der Waals surface area contributed by atoms with Gasteiger partial charge in [-0.2, -0.15) is 0 Å². The molecule has 1 aromatic heterocycles. The van der Waals surface area contributed by atoms with E-state index in [4.69, 9.17) is 4.11 Å². The normalized spacial score (nSPS) is 12.9. The van der Waals surface area contributed by atoms with E-state index in [1.165, 1.54) is 6.20 Å². The third-order valence-electron chi connectivity index (χ3n) is 4.28. The second-order valence-electron chi connectivity index (χ2n) is 5.92. The highest BCUT2D eigenvalue weighted by atomic mass is 14.7. The number of rotatable bonds is 3. The van der Waals surface area contributed by atoms with Gasteiger partial charge in [0.05, 0.1) is 5.69 Å². The van der Waals surface area contributed by atoms with Crippen LogP contribution in [0.3, 0.4) is 0 Å². The molecule has 1 nitrogen and oxygen atoms in total. The average Bonchev–Trinajstić information content (AvgIpc) is 2.74. The molecule has 1 heteroatoms. The molecule has 0 saturated heterocycles. The molecular formula is C24H19N. The van der Waals surface area contributed by atoms with Crippen LogP contribution in [0, 0.1) is 6.85 Å². The van der Waals surface area contributed by atoms with Crippen LogP contribution < -0.4 is 0 Å². The van der Waals surface area contributed by atoms with Gasteiger partial charge in [0, 0.05) is 15.9 Å². The van der Waals surface area contributed by atoms with Crippen molar-refractivity contribution in [2.45, 2.75) is 6.85 Å². The third-order valence-corrected chi connectivity index (χ3v) is 4.28. The van der Waals surface area contributed by atoms with Crippen molar-refractivity contribution in [3.05, 3.63) is 103 Å². The van der Waals surface area contributed by atoms with Crippen molar-refractivity contribution < 1.29 is 4.11 Å². The number of nitrogens with zero attached hydrogens (tertiary/aromatic N) is 1. The first kappa shape index (κ1) is 12.2. The van der Waals surface area contributed by atoms with Crippen LogP contribution in [-0.2, 0) is 0 Å². The molecule has 0 N–H and O–H groups in total. The number of hydrogen-bond donors (Lipinski definition) is 0. The Morgan fingerprint density at radius 1 is 0.640 bits per heavy atom. The maximum absolute atomic E-state index is 7.91. The zero-order chi connectivity index (χ0) is 19.6. The fourth-order valence-electron chi connectivity index (χ4n) is 2.93. The molecule has 25 heavy (non-hydrogen) atoms. The van der Waals surface area contributed by atoms with Crippen molar-refractivity contribution in [1.29, 1.82) is 0 Å². The molecule has 3 aromatic carbocycles. The maximum Gasteiger partial charge on any atom is 0.0708 e. The summed E-state index contributed by atoms with van der Waals surface area (Å²) in [5.41, 5.74) is 5.76. The Balaban J connectivity index is 1.81. The molecule has 0 aliphatic rings. The summed E-state index contributed by atoms with van der Waals surface area (Å²) in [5.74, 6) is 0. The summed E-state index contributed by atoms with van der Waals surface area (Å²) < 4.78 is 23.7. The van der Waals surface area contributed by atoms with Gasteiger partial charge in [-0.15, -0.1) is 0 Å². The molecule has 0 atom stereocenters. The molecule has 0 bridgehead atoms. The topological polar surface area (TPSA) is 12.9 Å². The summed E-state index contributed by atoms with van der Waals surface area (Å²) in [4.78, 5) is 4.41. The number of aryl methyl sites for hydroxylation is 1. The number of hydrogen-bond acceptors (Lipinski definition) is 1. The minimum atomic E-state index is -2.23. The van der Waals surface area contributed by atoms with Gasteiger partial charge in [0.2, 0.25) is 0 Å². The Hall–Kier alpha value is -3.19. The summed E-state index contributed by atoms with van der Waals surface area (Å²) in [6.07, 6.45) is 1.48. The standard InChI is InChI=1S/C24H19N/c1-18-17-25-24(22-10-6-3-7-11-22)16-23(18)21-14-12-20(13-15-21)19-8-4-2-5-9-19/h2-17H,1H3/i1D3. The molecule has 0 unspecified atom stereocenters. The van der Waals surface area contributed by atoms with Gasteiger partial charge in [-0.3, -0.25) is 4.98 Å². The van der Waals surface area contributed by atoms with Crippen molar-refractivity contribution in [3.8, 4) is 33.5 Å². The van der Waals surface area contributed by atoms with Gasteiger partial charge in [-0.05, 0) is 40.7 Å². The average molecular weight is 324 g/mol. The summed E-state index contributed by atoms with van der Waals surface area (Å²) in [5, 5.41) is 0. The fraction of sp³-hybridized carbons (Fsp3) is 0.0417. The maximum atomic E-state index is 7.91. The molecule has 0 radical (unpaired) electrons. The number of aromatic nitrogens is 1. The Morgan fingerprint density at radius 3 is 1.84 bits per heavy atom. The molecule has 1 heterocycles. The molecule has 0 aliphatic carbocycles. The lowest BCUT2D eigenvalue weighted by molar-refractivity contribution is 1.27. The number of benzene rings is 3. The predicted molar refractivity (Wildman–Crippen MR) is 105 cm³/mol. The van der Waals surface area contributed by atoms with Crippen LogP contribution in [-0.4, -0.2) is 4.98 Å². The van der Waals surface area contributed by atoms with Crippen LogP contribution in [0.5, 0.6) is 0 Å². The van der Waals surface area contributed by atoms with Gasteiger partial charge in [0.25, 0.3) is 0 Å². The lowest BCUT2D eigenvalue weighted by Crippen LogP contribution is -1.89. The lowest BCUT2D eigenvalue weighted by atomic mass is 9.97. The van der Waals surface area contributed by atoms with E-state index in [0.29, 0.717) is 5.56 Å². The molecule has 0 saturated carbocycles. The van der Waals surface area contributed by atoms with Gasteiger partial charge in [-0.1, -0.05) is 84.9 Å². The van der Waals surface area contributed by atoms with E-state index in [0.717, 1.165) is 27.9 Å². The van der Waals surface area contributed by atoms with Gasteiger partial charge in [0.1, 0.15) is 0 Å². The molecular weight excluding hydrogens is 302 g/mol. The highest BCUT2D eigenvalue weighted by molar-refractivity contribution is 5.75. The zero-order valence-corrected chi connectivity index (χ0v) is 13.7. The van der Waals surface area contributed by atoms with Crippen molar-refractivity contribution in [1.82, 2.24) is 4.98 Å². The van der Waals surface area contributed by atoms with Gasteiger partial charge >= 0.3 is 0 Å². The Bertz CT molecular complexity index is 1070. The molecule has 0 fully saturated rings. The highest BCUT2D eigenvalue weighted by Crippen LogP contribution is 2.29. The van der Waals surface area contributed by atoms with Crippen LogP contribution in [0.2, 0.25) is 0 Å². The van der Waals surface area contributed by atoms with E-state index in [2.05, 4.69) is 17.1 Å². The van der Waals surface area contributed by atoms with E-state index in [-0.39, 0.29) is 5.56 Å². The summed E-state index contributed by atoms with van der Waals surface area (Å²) in [6.45, 7) is -2.23. The fourth-order valence-corrected chi connectivity index (χ4v) is 2.93. The first-order valence-electron chi connectivity index (χ1n) is 9.74. The number of pyridine rings is 1. The molecule has 0 spiro atoms. The Kier molecular flexibility index (Phi) is 3.29. The first-order valence-corrected chi connectivity index (χ1v) is 8.24. The van der Waals surface area contributed by atoms with Crippen molar-refractivity contribution in [2.24, 2.45) is 0 Å². The van der Waals surface area contributed by atoms with E-state index < -0.39 is 6.85 Å². The van der Waals surface area contributed by atoms with Crippen LogP contribution in [0.25, 0.3) is 33.5 Å². The van der Waals surface area contributed by atoms with Gasteiger partial charge < -0.3 is 0 Å². The van der Waals surface area contributed by atoms with Crippen LogP contribution in [0.1, 0.15) is 9.68 Å². The highest BCUT2D eigenvalue weighted by Gasteiger charge is 2.07. The first-order chi connectivity index (χ1) is 13.5. The molecule has 0 aliphatic heterocycles. The summed E-state index contributed by atoms with van der Waals surface area (Å²) >= 11 is 0. The summed E-state index contributed by atoms with van der Waals surface area (Å²) in [6, 6.07) is 29.8. The Labute approximate surface area is 152 Å². The molecule has 120 valence electrons. The van der Waals surface area contributed by atoms with Gasteiger partial charge in [-0.25, -0.2) is 0 Å². The predicted octanol–water partition coefficient (Wildman–Crippen LogP) is 6.39.